The van der Waals surface area contributed by atoms with Gasteiger partial charge in [0.2, 0.25) is 0 Å². The van der Waals surface area contributed by atoms with Gasteiger partial charge in [0, 0.05) is 11.8 Å². The first-order valence-electron chi connectivity index (χ1n) is 7.29. The van der Waals surface area contributed by atoms with Crippen molar-refractivity contribution in [3.8, 4) is 0 Å². The molecule has 1 unspecified atom stereocenters. The molecule has 1 atom stereocenters. The van der Waals surface area contributed by atoms with Crippen molar-refractivity contribution < 1.29 is 0 Å². The molecule has 0 aliphatic heterocycles. The van der Waals surface area contributed by atoms with Gasteiger partial charge in [0.05, 0.1) is 11.0 Å². The van der Waals surface area contributed by atoms with Crippen molar-refractivity contribution in [3.05, 3.63) is 65.0 Å². The van der Waals surface area contributed by atoms with E-state index in [1.807, 2.05) is 6.07 Å². The Balaban J connectivity index is 1.92. The Labute approximate surface area is 130 Å². The molecule has 0 fully saturated rings. The van der Waals surface area contributed by atoms with Gasteiger partial charge in [0.15, 0.2) is 0 Å². The molecule has 0 spiro atoms. The molecule has 1 aromatic heterocycles. The highest BCUT2D eigenvalue weighted by Crippen LogP contribution is 2.25. The van der Waals surface area contributed by atoms with E-state index in [1.165, 1.54) is 16.7 Å². The van der Waals surface area contributed by atoms with E-state index < -0.39 is 0 Å². The summed E-state index contributed by atoms with van der Waals surface area (Å²) in [6.45, 7) is 4.29. The van der Waals surface area contributed by atoms with Crippen molar-refractivity contribution in [2.24, 2.45) is 0 Å². The summed E-state index contributed by atoms with van der Waals surface area (Å²) in [5.41, 5.74) is 5.95. The van der Waals surface area contributed by atoms with E-state index in [1.54, 1.807) is 0 Å². The molecule has 3 aromatic rings. The fourth-order valence-corrected chi connectivity index (χ4v) is 2.86. The van der Waals surface area contributed by atoms with Gasteiger partial charge in [-0.05, 0) is 36.1 Å². The molecule has 1 N–H and O–H groups in total. The molecule has 0 aliphatic rings. The van der Waals surface area contributed by atoms with Gasteiger partial charge in [-0.1, -0.05) is 43.3 Å². The van der Waals surface area contributed by atoms with Gasteiger partial charge < -0.3 is 4.98 Å². The number of rotatable bonds is 4. The van der Waals surface area contributed by atoms with Crippen LogP contribution in [0.3, 0.4) is 0 Å². The fourth-order valence-electron chi connectivity index (χ4n) is 2.64. The number of nitrogens with one attached hydrogen (secondary N) is 1. The van der Waals surface area contributed by atoms with E-state index in [0.717, 1.165) is 23.3 Å². The number of hydrogen-bond donors (Lipinski definition) is 1. The summed E-state index contributed by atoms with van der Waals surface area (Å²) in [4.78, 5) is 8.20. The van der Waals surface area contributed by atoms with E-state index in [4.69, 9.17) is 16.6 Å². The lowest BCUT2D eigenvalue weighted by Gasteiger charge is -2.09. The number of aromatic amines is 1. The summed E-state index contributed by atoms with van der Waals surface area (Å²) >= 11 is 5.78. The Bertz CT molecular complexity index is 744. The zero-order valence-electron chi connectivity index (χ0n) is 12.4. The van der Waals surface area contributed by atoms with Crippen LogP contribution in [-0.2, 0) is 6.42 Å². The van der Waals surface area contributed by atoms with Crippen LogP contribution in [0.4, 0.5) is 0 Å². The number of aromatic nitrogens is 2. The summed E-state index contributed by atoms with van der Waals surface area (Å²) in [5, 5.41) is 0. The van der Waals surface area contributed by atoms with Crippen LogP contribution in [0, 0.1) is 6.92 Å². The third kappa shape index (κ3) is 2.81. The zero-order chi connectivity index (χ0) is 14.8. The van der Waals surface area contributed by atoms with Crippen molar-refractivity contribution in [1.29, 1.82) is 0 Å². The van der Waals surface area contributed by atoms with Crippen LogP contribution in [0.1, 0.15) is 35.4 Å². The predicted molar refractivity (Wildman–Crippen MR) is 89.2 cm³/mol. The predicted octanol–water partition coefficient (Wildman–Crippen LogP) is 4.80. The summed E-state index contributed by atoms with van der Waals surface area (Å²) in [7, 11) is 0. The average Bonchev–Trinajstić information content (AvgIpc) is 2.93. The fraction of sp³-hybridized carbons (Fsp3) is 0.278. The molecule has 3 heteroatoms. The van der Waals surface area contributed by atoms with Gasteiger partial charge in [-0.3, -0.25) is 0 Å². The largest absolute Gasteiger partial charge is 0.341 e. The van der Waals surface area contributed by atoms with E-state index in [-0.39, 0.29) is 5.92 Å². The molecule has 2 aromatic carbocycles. The van der Waals surface area contributed by atoms with Crippen LogP contribution < -0.4 is 0 Å². The first-order chi connectivity index (χ1) is 10.2. The standard InChI is InChI=1S/C18H19ClN2/c1-12-4-3-5-16-17(12)21-18(20-16)13(2)15-8-6-14(7-9-15)10-11-19/h3-9,13H,10-11H2,1-2H3,(H,20,21). The van der Waals surface area contributed by atoms with Gasteiger partial charge in [-0.25, -0.2) is 4.98 Å². The molecule has 2 nitrogen and oxygen atoms in total. The van der Waals surface area contributed by atoms with Crippen LogP contribution in [0.15, 0.2) is 42.5 Å². The topological polar surface area (TPSA) is 28.7 Å². The maximum Gasteiger partial charge on any atom is 0.114 e. The van der Waals surface area contributed by atoms with Gasteiger partial charge in [0.25, 0.3) is 0 Å². The molecule has 0 amide bonds. The van der Waals surface area contributed by atoms with Crippen LogP contribution in [0.25, 0.3) is 11.0 Å². The summed E-state index contributed by atoms with van der Waals surface area (Å²) in [6.07, 6.45) is 0.917. The molecule has 1 heterocycles. The zero-order valence-corrected chi connectivity index (χ0v) is 13.1. The lowest BCUT2D eigenvalue weighted by atomic mass is 9.99. The summed E-state index contributed by atoms with van der Waals surface area (Å²) in [5.74, 6) is 1.93. The maximum atomic E-state index is 5.78. The Morgan fingerprint density at radius 2 is 1.90 bits per heavy atom. The number of halogens is 1. The van der Waals surface area contributed by atoms with E-state index in [2.05, 4.69) is 55.2 Å². The second-order valence-corrected chi connectivity index (χ2v) is 5.87. The molecule has 0 bridgehead atoms. The van der Waals surface area contributed by atoms with Gasteiger partial charge in [-0.2, -0.15) is 0 Å². The molecule has 0 saturated carbocycles. The SMILES string of the molecule is Cc1cccc2nc(C(C)c3ccc(CCCl)cc3)[nH]c12. The highest BCUT2D eigenvalue weighted by Gasteiger charge is 2.13. The van der Waals surface area contributed by atoms with Gasteiger partial charge in [-0.15, -0.1) is 11.6 Å². The summed E-state index contributed by atoms with van der Waals surface area (Å²) < 4.78 is 0. The molecule has 0 radical (unpaired) electrons. The highest BCUT2D eigenvalue weighted by atomic mass is 35.5. The van der Waals surface area contributed by atoms with Crippen molar-refractivity contribution in [1.82, 2.24) is 9.97 Å². The normalized spacial score (nSPS) is 12.7. The minimum absolute atomic E-state index is 0.252. The number of fused-ring (bicyclic) bond motifs is 1. The molecule has 21 heavy (non-hydrogen) atoms. The summed E-state index contributed by atoms with van der Waals surface area (Å²) in [6, 6.07) is 14.9. The second kappa shape index (κ2) is 5.90. The average molecular weight is 299 g/mol. The quantitative estimate of drug-likeness (QED) is 0.688. The Morgan fingerprint density at radius 1 is 1.14 bits per heavy atom. The highest BCUT2D eigenvalue weighted by molar-refractivity contribution is 6.17. The Kier molecular flexibility index (Phi) is 3.98. The van der Waals surface area contributed by atoms with Crippen LogP contribution in [-0.4, -0.2) is 15.8 Å². The van der Waals surface area contributed by atoms with Gasteiger partial charge in [0.1, 0.15) is 5.82 Å². The van der Waals surface area contributed by atoms with E-state index >= 15 is 0 Å². The second-order valence-electron chi connectivity index (χ2n) is 5.49. The van der Waals surface area contributed by atoms with Crippen LogP contribution >= 0.6 is 11.6 Å². The lowest BCUT2D eigenvalue weighted by molar-refractivity contribution is 0.844. The first-order valence-corrected chi connectivity index (χ1v) is 7.82. The number of aryl methyl sites for hydroxylation is 2. The Hall–Kier alpha value is -1.80. The maximum absolute atomic E-state index is 5.78. The number of nitrogens with zero attached hydrogens (tertiary/aromatic N) is 1. The number of alkyl halides is 1. The van der Waals surface area contributed by atoms with Crippen molar-refractivity contribution in [2.45, 2.75) is 26.2 Å². The molecular formula is C18H19ClN2. The van der Waals surface area contributed by atoms with Crippen molar-refractivity contribution >= 4 is 22.6 Å². The number of imidazole rings is 1. The number of hydrogen-bond acceptors (Lipinski definition) is 1. The lowest BCUT2D eigenvalue weighted by Crippen LogP contribution is -1.99. The molecule has 0 saturated heterocycles. The Morgan fingerprint density at radius 3 is 2.57 bits per heavy atom. The van der Waals surface area contributed by atoms with E-state index in [9.17, 15) is 0 Å². The monoisotopic (exact) mass is 298 g/mol. The van der Waals surface area contributed by atoms with Crippen molar-refractivity contribution in [3.63, 3.8) is 0 Å². The molecular weight excluding hydrogens is 280 g/mol. The first kappa shape index (κ1) is 14.2. The minimum atomic E-state index is 0.252. The molecule has 0 aliphatic carbocycles. The number of para-hydroxylation sites is 1. The van der Waals surface area contributed by atoms with Crippen LogP contribution in [0.2, 0.25) is 0 Å². The third-order valence-corrected chi connectivity index (χ3v) is 4.21. The van der Waals surface area contributed by atoms with E-state index in [0.29, 0.717) is 5.88 Å². The van der Waals surface area contributed by atoms with Crippen LogP contribution in [0.5, 0.6) is 0 Å². The minimum Gasteiger partial charge on any atom is -0.341 e. The smallest absolute Gasteiger partial charge is 0.114 e. The number of benzene rings is 2. The molecule has 108 valence electrons. The number of H-pyrrole nitrogens is 1. The van der Waals surface area contributed by atoms with Crippen molar-refractivity contribution in [2.75, 3.05) is 5.88 Å². The van der Waals surface area contributed by atoms with Gasteiger partial charge >= 0.3 is 0 Å². The molecule has 3 rings (SSSR count). The third-order valence-electron chi connectivity index (χ3n) is 4.02.